The number of nitrogens with one attached hydrogen (secondary N) is 1. The maximum absolute atomic E-state index is 13.6. The molecule has 0 saturated carbocycles. The fourth-order valence-corrected chi connectivity index (χ4v) is 3.95. The van der Waals surface area contributed by atoms with Crippen LogP contribution < -0.4 is 5.56 Å². The number of aromatic nitrogens is 4. The molecule has 0 unspecified atom stereocenters. The number of benzene rings is 2. The fraction of sp³-hybridized carbons (Fsp3) is 0.217. The van der Waals surface area contributed by atoms with Gasteiger partial charge in [0.25, 0.3) is 11.5 Å². The van der Waals surface area contributed by atoms with Crippen molar-refractivity contribution in [1.82, 2.24) is 24.9 Å². The molecule has 1 fully saturated rings. The van der Waals surface area contributed by atoms with Crippen LogP contribution in [0.5, 0.6) is 0 Å². The van der Waals surface area contributed by atoms with Gasteiger partial charge in [0.1, 0.15) is 5.69 Å². The van der Waals surface area contributed by atoms with E-state index in [4.69, 9.17) is 4.74 Å². The smallest absolute Gasteiger partial charge is 0.258 e. The minimum atomic E-state index is -1.04. The van der Waals surface area contributed by atoms with Gasteiger partial charge >= 0.3 is 0 Å². The van der Waals surface area contributed by atoms with E-state index in [9.17, 15) is 18.4 Å². The van der Waals surface area contributed by atoms with Crippen molar-refractivity contribution >= 4 is 16.8 Å². The van der Waals surface area contributed by atoms with Crippen molar-refractivity contribution < 1.29 is 18.3 Å². The zero-order valence-corrected chi connectivity index (χ0v) is 17.6. The number of aromatic amines is 1. The van der Waals surface area contributed by atoms with E-state index in [0.717, 1.165) is 18.6 Å². The summed E-state index contributed by atoms with van der Waals surface area (Å²) in [5, 5.41) is 8.43. The van der Waals surface area contributed by atoms with Gasteiger partial charge in [-0.05, 0) is 42.8 Å². The maximum atomic E-state index is 13.6. The molecule has 0 radical (unpaired) electrons. The van der Waals surface area contributed by atoms with Crippen LogP contribution in [0.1, 0.15) is 16.8 Å². The molecule has 168 valence electrons. The lowest BCUT2D eigenvalue weighted by Gasteiger charge is -2.16. The first-order chi connectivity index (χ1) is 15.9. The molecule has 5 rings (SSSR count). The van der Waals surface area contributed by atoms with E-state index in [1.165, 1.54) is 10.7 Å². The molecule has 8 nitrogen and oxygen atoms in total. The third-order valence-electron chi connectivity index (χ3n) is 5.80. The van der Waals surface area contributed by atoms with Gasteiger partial charge in [0, 0.05) is 37.2 Å². The number of methoxy groups -OCH3 is 1. The summed E-state index contributed by atoms with van der Waals surface area (Å²) in [6.07, 6.45) is 2.43. The number of likely N-dealkylation sites (tertiary alicyclic amines) is 1. The molecule has 1 saturated heterocycles. The lowest BCUT2D eigenvalue weighted by atomic mass is 10.1. The van der Waals surface area contributed by atoms with E-state index in [0.29, 0.717) is 29.7 Å². The van der Waals surface area contributed by atoms with Crippen molar-refractivity contribution in [2.75, 3.05) is 20.2 Å². The van der Waals surface area contributed by atoms with E-state index in [2.05, 4.69) is 15.3 Å². The molecule has 3 heterocycles. The summed E-state index contributed by atoms with van der Waals surface area (Å²) in [7, 11) is 1.64. The first-order valence-electron chi connectivity index (χ1n) is 10.3. The van der Waals surface area contributed by atoms with E-state index in [1.807, 2.05) is 0 Å². The second-order valence-electron chi connectivity index (χ2n) is 7.86. The zero-order chi connectivity index (χ0) is 23.1. The second-order valence-corrected chi connectivity index (χ2v) is 7.86. The van der Waals surface area contributed by atoms with Gasteiger partial charge in [-0.3, -0.25) is 9.59 Å². The second kappa shape index (κ2) is 8.21. The Kier molecular flexibility index (Phi) is 5.21. The van der Waals surface area contributed by atoms with Gasteiger partial charge < -0.3 is 14.6 Å². The highest BCUT2D eigenvalue weighted by Crippen LogP contribution is 2.22. The molecule has 1 aliphatic rings. The summed E-state index contributed by atoms with van der Waals surface area (Å²) in [6.45, 7) is 1.22. The third-order valence-corrected chi connectivity index (χ3v) is 5.80. The lowest BCUT2D eigenvalue weighted by molar-refractivity contribution is 0.0724. The molecule has 1 N–H and O–H groups in total. The summed E-state index contributed by atoms with van der Waals surface area (Å²) in [5.74, 6) is -2.11. The van der Waals surface area contributed by atoms with Crippen LogP contribution in [-0.4, -0.2) is 57.1 Å². The number of amides is 1. The van der Waals surface area contributed by atoms with Crippen LogP contribution >= 0.6 is 0 Å². The van der Waals surface area contributed by atoms with E-state index >= 15 is 0 Å². The van der Waals surface area contributed by atoms with Gasteiger partial charge in [-0.1, -0.05) is 5.21 Å². The average molecular weight is 451 g/mol. The molecular formula is C23H19F2N5O3. The molecule has 0 aliphatic carbocycles. The Morgan fingerprint density at radius 1 is 1.15 bits per heavy atom. The van der Waals surface area contributed by atoms with Crippen molar-refractivity contribution in [3.8, 4) is 16.9 Å². The Morgan fingerprint density at radius 3 is 2.64 bits per heavy atom. The first-order valence-corrected chi connectivity index (χ1v) is 10.3. The van der Waals surface area contributed by atoms with Crippen molar-refractivity contribution in [3.05, 3.63) is 76.2 Å². The van der Waals surface area contributed by atoms with Crippen LogP contribution in [0.3, 0.4) is 0 Å². The number of hydrogen-bond donors (Lipinski definition) is 1. The number of pyridine rings is 1. The lowest BCUT2D eigenvalue weighted by Crippen LogP contribution is -2.29. The Balaban J connectivity index is 1.40. The normalized spacial score (nSPS) is 16.0. The number of hydrogen-bond acceptors (Lipinski definition) is 5. The van der Waals surface area contributed by atoms with Crippen molar-refractivity contribution in [3.63, 3.8) is 0 Å². The maximum Gasteiger partial charge on any atom is 0.258 e. The zero-order valence-electron chi connectivity index (χ0n) is 17.6. The van der Waals surface area contributed by atoms with Gasteiger partial charge in [0.15, 0.2) is 11.6 Å². The SMILES string of the molecule is CO[C@H]1CCN(C(=O)c2ccc(-n3cc(-c4cc5cc(F)c(F)cc5[nH]c4=O)nn3)cc2)C1. The molecule has 1 atom stereocenters. The van der Waals surface area contributed by atoms with Crippen LogP contribution in [0.2, 0.25) is 0 Å². The Bertz CT molecular complexity index is 1410. The van der Waals surface area contributed by atoms with Crippen LogP contribution in [0.4, 0.5) is 8.78 Å². The van der Waals surface area contributed by atoms with E-state index < -0.39 is 17.2 Å². The number of ether oxygens (including phenoxy) is 1. The molecular weight excluding hydrogens is 432 g/mol. The van der Waals surface area contributed by atoms with Gasteiger partial charge in [0.05, 0.1) is 29.1 Å². The van der Waals surface area contributed by atoms with Crippen molar-refractivity contribution in [2.45, 2.75) is 12.5 Å². The summed E-state index contributed by atoms with van der Waals surface area (Å²) in [4.78, 5) is 29.4. The summed E-state index contributed by atoms with van der Waals surface area (Å²) >= 11 is 0. The minimum Gasteiger partial charge on any atom is -0.380 e. The monoisotopic (exact) mass is 451 g/mol. The molecule has 2 aromatic heterocycles. The number of rotatable bonds is 4. The number of carbonyl (C=O) groups excluding carboxylic acids is 1. The van der Waals surface area contributed by atoms with Gasteiger partial charge in [-0.2, -0.15) is 0 Å². The van der Waals surface area contributed by atoms with Crippen LogP contribution in [-0.2, 0) is 4.74 Å². The predicted molar refractivity (Wildman–Crippen MR) is 116 cm³/mol. The largest absolute Gasteiger partial charge is 0.380 e. The topological polar surface area (TPSA) is 93.1 Å². The summed E-state index contributed by atoms with van der Waals surface area (Å²) in [6, 6.07) is 10.3. The van der Waals surface area contributed by atoms with Crippen molar-refractivity contribution in [2.24, 2.45) is 0 Å². The highest BCUT2D eigenvalue weighted by molar-refractivity contribution is 5.94. The minimum absolute atomic E-state index is 0.0632. The number of carbonyl (C=O) groups is 1. The Morgan fingerprint density at radius 2 is 1.91 bits per heavy atom. The fourth-order valence-electron chi connectivity index (χ4n) is 3.95. The quantitative estimate of drug-likeness (QED) is 0.515. The highest BCUT2D eigenvalue weighted by Gasteiger charge is 2.26. The number of nitrogens with zero attached hydrogens (tertiary/aromatic N) is 4. The standard InChI is InChI=1S/C23H19F2N5O3/c1-33-16-6-7-29(11-16)23(32)13-2-4-15(5-3-13)30-12-21(27-28-30)17-8-14-9-18(24)19(25)10-20(14)26-22(17)31/h2-5,8-10,12,16H,6-7,11H2,1H3,(H,26,31)/t16-/m0/s1. The molecule has 4 aromatic rings. The van der Waals surface area contributed by atoms with E-state index in [1.54, 1.807) is 42.5 Å². The first kappa shape index (κ1) is 21.0. The predicted octanol–water partition coefficient (Wildman–Crippen LogP) is 2.91. The van der Waals surface area contributed by atoms with Crippen LogP contribution in [0, 0.1) is 11.6 Å². The Hall–Kier alpha value is -3.92. The summed E-state index contributed by atoms with van der Waals surface area (Å²) in [5.41, 5.74) is 1.33. The van der Waals surface area contributed by atoms with E-state index in [-0.39, 0.29) is 28.8 Å². The molecule has 0 spiro atoms. The molecule has 0 bridgehead atoms. The van der Waals surface area contributed by atoms with Gasteiger partial charge in [-0.15, -0.1) is 5.10 Å². The number of H-pyrrole nitrogens is 1. The van der Waals surface area contributed by atoms with Crippen molar-refractivity contribution in [1.29, 1.82) is 0 Å². The van der Waals surface area contributed by atoms with Gasteiger partial charge in [-0.25, -0.2) is 13.5 Å². The third kappa shape index (κ3) is 3.89. The molecule has 1 amide bonds. The molecule has 33 heavy (non-hydrogen) atoms. The van der Waals surface area contributed by atoms with Crippen LogP contribution in [0.15, 0.2) is 53.5 Å². The average Bonchev–Trinajstić information content (AvgIpc) is 3.50. The molecule has 1 aliphatic heterocycles. The van der Waals surface area contributed by atoms with Crippen LogP contribution in [0.25, 0.3) is 27.8 Å². The Labute approximate surface area is 186 Å². The molecule has 2 aromatic carbocycles. The van der Waals surface area contributed by atoms with Gasteiger partial charge in [0.2, 0.25) is 0 Å². The molecule has 10 heteroatoms. The number of halogens is 2. The highest BCUT2D eigenvalue weighted by atomic mass is 19.2. The number of fused-ring (bicyclic) bond motifs is 1. The summed E-state index contributed by atoms with van der Waals surface area (Å²) < 4.78 is 33.8.